The molecule has 0 bridgehead atoms. The van der Waals surface area contributed by atoms with E-state index in [9.17, 15) is 0 Å². The Morgan fingerprint density at radius 3 is 2.43 bits per heavy atom. The first-order valence-electron chi connectivity index (χ1n) is 6.52. The Labute approximate surface area is 129 Å². The number of nitrogens with zero attached hydrogens (tertiary/aromatic N) is 2. The van der Waals surface area contributed by atoms with Gasteiger partial charge in [-0.15, -0.1) is 0 Å². The first-order chi connectivity index (χ1) is 9.93. The number of nitrogens with two attached hydrogens (primary N) is 1. The van der Waals surface area contributed by atoms with Gasteiger partial charge in [0.05, 0.1) is 5.69 Å². The molecule has 2 aromatic rings. The number of anilines is 2. The Kier molecular flexibility index (Phi) is 4.38. The van der Waals surface area contributed by atoms with Crippen molar-refractivity contribution < 1.29 is 5.21 Å². The lowest BCUT2D eigenvalue weighted by molar-refractivity contribution is 0.318. The topological polar surface area (TPSA) is 61.8 Å². The third-order valence-corrected chi connectivity index (χ3v) is 3.65. The van der Waals surface area contributed by atoms with Crippen LogP contribution in [0, 0.1) is 13.8 Å². The van der Waals surface area contributed by atoms with Crippen molar-refractivity contribution in [1.29, 1.82) is 0 Å². The third kappa shape index (κ3) is 3.11. The molecule has 110 valence electrons. The van der Waals surface area contributed by atoms with Crippen LogP contribution in [0.5, 0.6) is 0 Å². The van der Waals surface area contributed by atoms with Gasteiger partial charge in [0.2, 0.25) is 0 Å². The molecule has 0 aliphatic carbocycles. The molecule has 0 saturated heterocycles. The van der Waals surface area contributed by atoms with E-state index in [0.717, 1.165) is 16.9 Å². The first-order valence-corrected chi connectivity index (χ1v) is 6.90. The van der Waals surface area contributed by atoms with E-state index in [4.69, 9.17) is 22.5 Å². The van der Waals surface area contributed by atoms with Crippen LogP contribution in [0.3, 0.4) is 0 Å². The Hall–Kier alpha value is -2.20. The van der Waals surface area contributed by atoms with E-state index >= 15 is 0 Å². The van der Waals surface area contributed by atoms with Crippen LogP contribution in [0.2, 0.25) is 5.02 Å². The maximum Gasteiger partial charge on any atom is 0.172 e. The molecule has 0 spiro atoms. The van der Waals surface area contributed by atoms with Crippen molar-refractivity contribution >= 4 is 28.8 Å². The summed E-state index contributed by atoms with van der Waals surface area (Å²) in [6.07, 6.45) is 0. The summed E-state index contributed by atoms with van der Waals surface area (Å²) in [4.78, 5) is 2.00. The normalized spacial score (nSPS) is 11.5. The molecule has 0 atom stereocenters. The highest BCUT2D eigenvalue weighted by Gasteiger charge is 2.14. The molecule has 21 heavy (non-hydrogen) atoms. The number of halogens is 1. The predicted molar refractivity (Wildman–Crippen MR) is 87.9 cm³/mol. The largest absolute Gasteiger partial charge is 0.409 e. The fourth-order valence-electron chi connectivity index (χ4n) is 2.37. The summed E-state index contributed by atoms with van der Waals surface area (Å²) in [5.41, 5.74) is 10.6. The number of aryl methyl sites for hydroxylation is 2. The molecule has 0 amide bonds. The van der Waals surface area contributed by atoms with Crippen LogP contribution in [0.4, 0.5) is 11.4 Å². The Morgan fingerprint density at radius 2 is 1.81 bits per heavy atom. The van der Waals surface area contributed by atoms with Crippen LogP contribution < -0.4 is 10.6 Å². The highest BCUT2D eigenvalue weighted by atomic mass is 35.5. The van der Waals surface area contributed by atoms with Crippen molar-refractivity contribution in [2.24, 2.45) is 10.9 Å². The third-order valence-electron chi connectivity index (χ3n) is 3.42. The Bertz CT molecular complexity index is 698. The second-order valence-electron chi connectivity index (χ2n) is 5.00. The molecule has 0 heterocycles. The van der Waals surface area contributed by atoms with Gasteiger partial charge in [0, 0.05) is 23.3 Å². The number of hydrogen-bond donors (Lipinski definition) is 2. The highest BCUT2D eigenvalue weighted by Crippen LogP contribution is 2.31. The summed E-state index contributed by atoms with van der Waals surface area (Å²) in [5.74, 6) is 0.0316. The van der Waals surface area contributed by atoms with Gasteiger partial charge in [-0.3, -0.25) is 0 Å². The smallest absolute Gasteiger partial charge is 0.172 e. The van der Waals surface area contributed by atoms with Gasteiger partial charge in [-0.1, -0.05) is 34.5 Å². The molecule has 0 saturated carbocycles. The number of oxime groups is 1. The van der Waals surface area contributed by atoms with Gasteiger partial charge in [0.1, 0.15) is 0 Å². The molecule has 4 nitrogen and oxygen atoms in total. The summed E-state index contributed by atoms with van der Waals surface area (Å²) >= 11 is 6.01. The molecule has 3 N–H and O–H groups in total. The van der Waals surface area contributed by atoms with Gasteiger partial charge >= 0.3 is 0 Å². The summed E-state index contributed by atoms with van der Waals surface area (Å²) in [6.45, 7) is 4.11. The van der Waals surface area contributed by atoms with Gasteiger partial charge in [0.25, 0.3) is 0 Å². The zero-order valence-electron chi connectivity index (χ0n) is 12.3. The van der Waals surface area contributed by atoms with Crippen molar-refractivity contribution in [2.75, 3.05) is 11.9 Å². The second kappa shape index (κ2) is 6.06. The lowest BCUT2D eigenvalue weighted by Crippen LogP contribution is -2.20. The second-order valence-corrected chi connectivity index (χ2v) is 5.43. The Morgan fingerprint density at radius 1 is 1.14 bits per heavy atom. The van der Waals surface area contributed by atoms with Gasteiger partial charge in [0.15, 0.2) is 5.84 Å². The van der Waals surface area contributed by atoms with Crippen molar-refractivity contribution in [3.8, 4) is 0 Å². The summed E-state index contributed by atoms with van der Waals surface area (Å²) < 4.78 is 0. The van der Waals surface area contributed by atoms with Crippen LogP contribution in [0.25, 0.3) is 0 Å². The minimum atomic E-state index is 0.0316. The molecule has 2 aromatic carbocycles. The highest BCUT2D eigenvalue weighted by molar-refractivity contribution is 6.31. The molecule has 0 unspecified atom stereocenters. The fourth-order valence-corrected chi connectivity index (χ4v) is 2.54. The molecule has 0 aliphatic heterocycles. The van der Waals surface area contributed by atoms with Gasteiger partial charge < -0.3 is 15.8 Å². The maximum atomic E-state index is 8.95. The number of amidine groups is 1. The van der Waals surface area contributed by atoms with E-state index in [1.807, 2.05) is 18.0 Å². The number of hydrogen-bond acceptors (Lipinski definition) is 3. The van der Waals surface area contributed by atoms with Crippen LogP contribution in [0.15, 0.2) is 41.6 Å². The van der Waals surface area contributed by atoms with E-state index in [0.29, 0.717) is 10.6 Å². The lowest BCUT2D eigenvalue weighted by Gasteiger charge is -2.24. The fraction of sp³-hybridized carbons (Fsp3) is 0.188. The van der Waals surface area contributed by atoms with E-state index < -0.39 is 0 Å². The molecular formula is C16H18ClN3O. The summed E-state index contributed by atoms with van der Waals surface area (Å²) in [6, 6.07) is 11.5. The van der Waals surface area contributed by atoms with Crippen LogP contribution in [-0.4, -0.2) is 18.1 Å². The van der Waals surface area contributed by atoms with Crippen LogP contribution >= 0.6 is 11.6 Å². The van der Waals surface area contributed by atoms with Crippen molar-refractivity contribution in [1.82, 2.24) is 0 Å². The first kappa shape index (κ1) is 15.2. The van der Waals surface area contributed by atoms with Crippen molar-refractivity contribution in [2.45, 2.75) is 13.8 Å². The standard InChI is InChI=1S/C16H18ClN3O/c1-10-4-6-14(11(2)8-10)20(3)15-7-5-12(17)9-13(15)16(18)19-21/h4-9,21H,1-3H3,(H2,18,19). The van der Waals surface area contributed by atoms with Gasteiger partial charge in [-0.25, -0.2) is 0 Å². The predicted octanol–water partition coefficient (Wildman–Crippen LogP) is 3.82. The minimum Gasteiger partial charge on any atom is -0.409 e. The molecule has 5 heteroatoms. The number of benzene rings is 2. The molecule has 0 aromatic heterocycles. The Balaban J connectivity index is 2.55. The van der Waals surface area contributed by atoms with E-state index in [-0.39, 0.29) is 5.84 Å². The molecule has 0 radical (unpaired) electrons. The quantitative estimate of drug-likeness (QED) is 0.392. The van der Waals surface area contributed by atoms with Crippen molar-refractivity contribution in [3.05, 3.63) is 58.1 Å². The van der Waals surface area contributed by atoms with Gasteiger partial charge in [-0.2, -0.15) is 0 Å². The SMILES string of the molecule is Cc1ccc(N(C)c2ccc(Cl)cc2C(N)=NO)c(C)c1. The summed E-state index contributed by atoms with van der Waals surface area (Å²) in [5, 5.41) is 12.6. The zero-order valence-corrected chi connectivity index (χ0v) is 13.0. The van der Waals surface area contributed by atoms with E-state index in [1.165, 1.54) is 5.56 Å². The molecule has 2 rings (SSSR count). The minimum absolute atomic E-state index is 0.0316. The van der Waals surface area contributed by atoms with Crippen LogP contribution in [0.1, 0.15) is 16.7 Å². The molecule has 0 fully saturated rings. The zero-order chi connectivity index (χ0) is 15.6. The van der Waals surface area contributed by atoms with Crippen molar-refractivity contribution in [3.63, 3.8) is 0 Å². The van der Waals surface area contributed by atoms with Gasteiger partial charge in [-0.05, 0) is 43.7 Å². The molecule has 0 aliphatic rings. The van der Waals surface area contributed by atoms with E-state index in [1.54, 1.807) is 12.1 Å². The monoisotopic (exact) mass is 303 g/mol. The maximum absolute atomic E-state index is 8.95. The average molecular weight is 304 g/mol. The van der Waals surface area contributed by atoms with Crippen LogP contribution in [-0.2, 0) is 0 Å². The lowest BCUT2D eigenvalue weighted by atomic mass is 10.1. The summed E-state index contributed by atoms with van der Waals surface area (Å²) in [7, 11) is 1.94. The molecular weight excluding hydrogens is 286 g/mol. The average Bonchev–Trinajstić information content (AvgIpc) is 2.45. The number of rotatable bonds is 3. The van der Waals surface area contributed by atoms with E-state index in [2.05, 4.69) is 37.2 Å².